The lowest BCUT2D eigenvalue weighted by atomic mass is 11.3. The SMILES string of the molecule is NS(=O)(=O)c1ncsn1. The fourth-order valence-corrected chi connectivity index (χ4v) is 1.43. The van der Waals surface area contributed by atoms with Gasteiger partial charge in [0.2, 0.25) is 0 Å². The minimum Gasteiger partial charge on any atom is -0.222 e. The number of nitrogens with zero attached hydrogens (tertiary/aromatic N) is 2. The maximum atomic E-state index is 10.4. The molecule has 0 aromatic carbocycles. The summed E-state index contributed by atoms with van der Waals surface area (Å²) in [5, 5.41) is 4.34. The van der Waals surface area contributed by atoms with Gasteiger partial charge in [0, 0.05) is 0 Å². The molecule has 0 aliphatic carbocycles. The summed E-state index contributed by atoms with van der Waals surface area (Å²) in [5.74, 6) is 0. The van der Waals surface area contributed by atoms with Crippen LogP contribution in [0.5, 0.6) is 0 Å². The van der Waals surface area contributed by atoms with Crippen molar-refractivity contribution in [3.05, 3.63) is 5.51 Å². The van der Waals surface area contributed by atoms with Crippen molar-refractivity contribution in [2.24, 2.45) is 5.14 Å². The molecule has 0 unspecified atom stereocenters. The molecule has 0 atom stereocenters. The molecule has 0 radical (unpaired) electrons. The highest BCUT2D eigenvalue weighted by atomic mass is 32.2. The quantitative estimate of drug-likeness (QED) is 0.589. The lowest BCUT2D eigenvalue weighted by Crippen LogP contribution is -2.13. The average molecular weight is 165 g/mol. The van der Waals surface area contributed by atoms with Gasteiger partial charge in [-0.05, 0) is 11.5 Å². The fourth-order valence-electron chi connectivity index (χ4n) is 0.286. The first kappa shape index (κ1) is 6.59. The third-order valence-electron chi connectivity index (χ3n) is 0.596. The molecule has 0 saturated carbocycles. The lowest BCUT2D eigenvalue weighted by Gasteiger charge is -1.83. The number of sulfonamides is 1. The summed E-state index contributed by atoms with van der Waals surface area (Å²) < 4.78 is 24.1. The summed E-state index contributed by atoms with van der Waals surface area (Å²) in [7, 11) is -3.67. The predicted octanol–water partition coefficient (Wildman–Crippen LogP) is -0.815. The molecular weight excluding hydrogens is 162 g/mol. The monoisotopic (exact) mass is 165 g/mol. The van der Waals surface area contributed by atoms with Crippen LogP contribution in [0, 0.1) is 0 Å². The number of primary sulfonamides is 1. The molecular formula is C2H3N3O2S2. The highest BCUT2D eigenvalue weighted by molar-refractivity contribution is 7.89. The number of rotatable bonds is 1. The second kappa shape index (κ2) is 2.01. The lowest BCUT2D eigenvalue weighted by molar-refractivity contribution is 0.591. The first-order valence-corrected chi connectivity index (χ1v) is 4.28. The summed E-state index contributed by atoms with van der Waals surface area (Å²) in [6.45, 7) is 0. The van der Waals surface area contributed by atoms with Crippen molar-refractivity contribution in [2.45, 2.75) is 5.16 Å². The number of hydrogen-bond acceptors (Lipinski definition) is 5. The number of hydrogen-bond donors (Lipinski definition) is 1. The Morgan fingerprint density at radius 3 is 2.56 bits per heavy atom. The van der Waals surface area contributed by atoms with Crippen molar-refractivity contribution in [1.29, 1.82) is 0 Å². The molecule has 2 N–H and O–H groups in total. The molecule has 0 aliphatic heterocycles. The van der Waals surface area contributed by atoms with Crippen LogP contribution in [0.1, 0.15) is 0 Å². The zero-order valence-corrected chi connectivity index (χ0v) is 5.82. The van der Waals surface area contributed by atoms with Crippen LogP contribution in [0.3, 0.4) is 0 Å². The summed E-state index contributed by atoms with van der Waals surface area (Å²) in [5.41, 5.74) is 1.31. The van der Waals surface area contributed by atoms with E-state index in [1.807, 2.05) is 0 Å². The molecule has 1 rings (SSSR count). The van der Waals surface area contributed by atoms with Crippen LogP contribution >= 0.6 is 11.5 Å². The van der Waals surface area contributed by atoms with Gasteiger partial charge in [-0.15, -0.1) is 0 Å². The third kappa shape index (κ3) is 1.44. The first-order valence-electron chi connectivity index (χ1n) is 1.90. The molecule has 9 heavy (non-hydrogen) atoms. The molecule has 0 spiro atoms. The fraction of sp³-hybridized carbons (Fsp3) is 0. The van der Waals surface area contributed by atoms with Crippen LogP contribution in [0.4, 0.5) is 0 Å². The summed E-state index contributed by atoms with van der Waals surface area (Å²) >= 11 is 0.946. The molecule has 7 heteroatoms. The van der Waals surface area contributed by atoms with Crippen LogP contribution in [0.15, 0.2) is 10.7 Å². The Hall–Kier alpha value is -0.530. The van der Waals surface area contributed by atoms with E-state index < -0.39 is 10.0 Å². The molecule has 5 nitrogen and oxygen atoms in total. The summed E-state index contributed by atoms with van der Waals surface area (Å²) in [6.07, 6.45) is 0. The van der Waals surface area contributed by atoms with Gasteiger partial charge in [-0.2, -0.15) is 4.37 Å². The van der Waals surface area contributed by atoms with E-state index in [1.54, 1.807) is 0 Å². The van der Waals surface area contributed by atoms with Crippen LogP contribution in [-0.2, 0) is 10.0 Å². The van der Waals surface area contributed by atoms with Crippen molar-refractivity contribution in [3.63, 3.8) is 0 Å². The molecule has 1 heterocycles. The Balaban J connectivity index is 3.20. The van der Waals surface area contributed by atoms with Crippen molar-refractivity contribution in [1.82, 2.24) is 9.36 Å². The van der Waals surface area contributed by atoms with Gasteiger partial charge in [0.05, 0.1) is 0 Å². The van der Waals surface area contributed by atoms with Crippen molar-refractivity contribution < 1.29 is 8.42 Å². The molecule has 50 valence electrons. The highest BCUT2D eigenvalue weighted by Crippen LogP contribution is 1.98. The van der Waals surface area contributed by atoms with E-state index in [0.29, 0.717) is 0 Å². The van der Waals surface area contributed by atoms with Gasteiger partial charge in [0.15, 0.2) is 0 Å². The van der Waals surface area contributed by atoms with E-state index >= 15 is 0 Å². The maximum Gasteiger partial charge on any atom is 0.274 e. The van der Waals surface area contributed by atoms with Gasteiger partial charge < -0.3 is 0 Å². The van der Waals surface area contributed by atoms with Gasteiger partial charge in [0.1, 0.15) is 5.51 Å². The standard InChI is InChI=1S/C2H3N3O2S2/c3-9(6,7)2-4-1-8-5-2/h1H,(H2,3,6,7). The van der Waals surface area contributed by atoms with Gasteiger partial charge in [-0.1, -0.05) is 0 Å². The Morgan fingerprint density at radius 1 is 1.67 bits per heavy atom. The topological polar surface area (TPSA) is 85.9 Å². The number of nitrogens with two attached hydrogens (primary N) is 1. The van der Waals surface area contributed by atoms with Crippen LogP contribution in [0.2, 0.25) is 0 Å². The van der Waals surface area contributed by atoms with Crippen molar-refractivity contribution >= 4 is 21.6 Å². The van der Waals surface area contributed by atoms with E-state index in [0.717, 1.165) is 11.5 Å². The Morgan fingerprint density at radius 2 is 2.33 bits per heavy atom. The van der Waals surface area contributed by atoms with Crippen LogP contribution in [0.25, 0.3) is 0 Å². The van der Waals surface area contributed by atoms with Gasteiger partial charge in [0.25, 0.3) is 15.2 Å². The summed E-state index contributed by atoms with van der Waals surface area (Å²) in [4.78, 5) is 3.38. The van der Waals surface area contributed by atoms with Gasteiger partial charge >= 0.3 is 0 Å². The minimum atomic E-state index is -3.67. The van der Waals surface area contributed by atoms with E-state index in [9.17, 15) is 8.42 Å². The molecule has 0 bridgehead atoms. The Labute approximate surface area is 55.8 Å². The highest BCUT2D eigenvalue weighted by Gasteiger charge is 2.10. The summed E-state index contributed by atoms with van der Waals surface area (Å²) in [6, 6.07) is 0. The Bertz CT molecular complexity index is 275. The van der Waals surface area contributed by atoms with E-state index in [2.05, 4.69) is 14.5 Å². The van der Waals surface area contributed by atoms with Gasteiger partial charge in [-0.3, -0.25) is 0 Å². The van der Waals surface area contributed by atoms with Crippen molar-refractivity contribution in [2.75, 3.05) is 0 Å². The predicted molar refractivity (Wildman–Crippen MR) is 31.3 cm³/mol. The van der Waals surface area contributed by atoms with E-state index in [1.165, 1.54) is 5.51 Å². The first-order chi connectivity index (χ1) is 4.11. The number of aromatic nitrogens is 2. The smallest absolute Gasteiger partial charge is 0.222 e. The van der Waals surface area contributed by atoms with Crippen molar-refractivity contribution in [3.8, 4) is 0 Å². The van der Waals surface area contributed by atoms with Crippen LogP contribution in [-0.4, -0.2) is 17.8 Å². The minimum absolute atomic E-state index is 0.312. The second-order valence-corrected chi connectivity index (χ2v) is 3.32. The second-order valence-electron chi connectivity index (χ2n) is 1.26. The van der Waals surface area contributed by atoms with E-state index in [4.69, 9.17) is 0 Å². The molecule has 0 amide bonds. The third-order valence-corrected chi connectivity index (χ3v) is 1.89. The molecule has 1 aromatic rings. The Kier molecular flexibility index (Phi) is 1.47. The molecule has 1 aromatic heterocycles. The molecule has 0 saturated heterocycles. The average Bonchev–Trinajstić information content (AvgIpc) is 2.08. The van der Waals surface area contributed by atoms with Crippen LogP contribution < -0.4 is 5.14 Å². The largest absolute Gasteiger partial charge is 0.274 e. The van der Waals surface area contributed by atoms with E-state index in [-0.39, 0.29) is 5.16 Å². The molecule has 0 fully saturated rings. The normalized spacial score (nSPS) is 11.7. The van der Waals surface area contributed by atoms with Gasteiger partial charge in [-0.25, -0.2) is 18.5 Å². The zero-order valence-electron chi connectivity index (χ0n) is 4.18. The maximum absolute atomic E-state index is 10.4. The zero-order chi connectivity index (χ0) is 6.91. The molecule has 0 aliphatic rings.